The van der Waals surface area contributed by atoms with Gasteiger partial charge >= 0.3 is 0 Å². The number of carbonyl (C=O) groups is 1. The number of fused-ring (bicyclic) bond motifs is 2. The number of Topliss-reactive ketones (excluding diaryl/α,β-unsaturated/α-hetero) is 1. The monoisotopic (exact) mass is 392 g/mol. The smallest absolute Gasteiger partial charge is 0.166 e. The molecule has 5 nitrogen and oxygen atoms in total. The fourth-order valence-corrected chi connectivity index (χ4v) is 4.20. The Morgan fingerprint density at radius 1 is 1.00 bits per heavy atom. The van der Waals surface area contributed by atoms with Gasteiger partial charge in [-0.2, -0.15) is 0 Å². The molecule has 2 aromatic carbocycles. The highest BCUT2D eigenvalue weighted by Crippen LogP contribution is 2.34. The summed E-state index contributed by atoms with van der Waals surface area (Å²) in [5, 5.41) is 0.936. The van der Waals surface area contributed by atoms with Crippen LogP contribution in [0.15, 0.2) is 48.7 Å². The summed E-state index contributed by atoms with van der Waals surface area (Å²) in [6, 6.07) is 12.1. The van der Waals surface area contributed by atoms with Crippen LogP contribution in [-0.2, 0) is 0 Å². The number of carbonyl (C=O) groups excluding carboxylic acids is 1. The summed E-state index contributed by atoms with van der Waals surface area (Å²) in [6.45, 7) is 2.59. The van der Waals surface area contributed by atoms with E-state index in [4.69, 9.17) is 9.47 Å². The molecule has 1 aromatic heterocycles. The van der Waals surface area contributed by atoms with Crippen LogP contribution in [0.1, 0.15) is 23.2 Å². The summed E-state index contributed by atoms with van der Waals surface area (Å²) in [5.41, 5.74) is 2.37. The molecule has 0 aliphatic carbocycles. The number of ketones is 1. The van der Waals surface area contributed by atoms with Gasteiger partial charge in [0.2, 0.25) is 0 Å². The third-order valence-corrected chi connectivity index (χ3v) is 5.71. The molecule has 5 rings (SSSR count). The number of pyridine rings is 1. The first-order valence-electron chi connectivity index (χ1n) is 9.92. The Balaban J connectivity index is 1.31. The summed E-state index contributed by atoms with van der Waals surface area (Å²) >= 11 is 0. The third-order valence-electron chi connectivity index (χ3n) is 5.71. The van der Waals surface area contributed by atoms with Crippen molar-refractivity contribution < 1.29 is 18.7 Å². The second kappa shape index (κ2) is 7.35. The molecule has 1 saturated heterocycles. The number of nitrogens with zero attached hydrogens (tertiary/aromatic N) is 2. The second-order valence-corrected chi connectivity index (χ2v) is 7.48. The number of hydrogen-bond donors (Lipinski definition) is 0. The largest absolute Gasteiger partial charge is 0.486 e. The molecule has 0 N–H and O–H groups in total. The first-order chi connectivity index (χ1) is 14.2. The molecule has 3 heterocycles. The normalized spacial score (nSPS) is 16.8. The fourth-order valence-electron chi connectivity index (χ4n) is 4.20. The highest BCUT2D eigenvalue weighted by molar-refractivity contribution is 5.99. The topological polar surface area (TPSA) is 51.7 Å². The van der Waals surface area contributed by atoms with E-state index in [1.165, 1.54) is 12.1 Å². The molecule has 1 fully saturated rings. The van der Waals surface area contributed by atoms with Crippen molar-refractivity contribution in [2.75, 3.05) is 31.2 Å². The number of piperidine rings is 1. The summed E-state index contributed by atoms with van der Waals surface area (Å²) in [7, 11) is 0. The van der Waals surface area contributed by atoms with Crippen molar-refractivity contribution in [3.63, 3.8) is 0 Å². The number of aromatic nitrogens is 1. The highest BCUT2D eigenvalue weighted by atomic mass is 19.1. The molecular weight excluding hydrogens is 371 g/mol. The lowest BCUT2D eigenvalue weighted by molar-refractivity contribution is 0.0899. The van der Waals surface area contributed by atoms with Crippen molar-refractivity contribution in [3.05, 3.63) is 60.0 Å². The number of rotatable bonds is 3. The molecule has 0 spiro atoms. The van der Waals surface area contributed by atoms with Gasteiger partial charge in [-0.05, 0) is 49.2 Å². The molecule has 0 unspecified atom stereocenters. The minimum atomic E-state index is -0.286. The standard InChI is InChI=1S/C23H21FN2O3/c24-17-2-3-18-19(14-17)25-8-5-20(18)26-9-6-15(7-10-26)23(27)16-1-4-21-22(13-16)29-12-11-28-21/h1-5,8,13-15H,6-7,9-12H2. The lowest BCUT2D eigenvalue weighted by Crippen LogP contribution is -2.36. The van der Waals surface area contributed by atoms with Gasteiger partial charge in [-0.3, -0.25) is 9.78 Å². The fraction of sp³-hybridized carbons (Fsp3) is 0.304. The van der Waals surface area contributed by atoms with Gasteiger partial charge < -0.3 is 14.4 Å². The van der Waals surface area contributed by atoms with E-state index >= 15 is 0 Å². The molecule has 0 amide bonds. The van der Waals surface area contributed by atoms with Gasteiger partial charge in [-0.1, -0.05) is 0 Å². The highest BCUT2D eigenvalue weighted by Gasteiger charge is 2.27. The molecule has 0 radical (unpaired) electrons. The number of hydrogen-bond acceptors (Lipinski definition) is 5. The Morgan fingerprint density at radius 2 is 1.79 bits per heavy atom. The number of ether oxygens (including phenoxy) is 2. The average molecular weight is 392 g/mol. The number of benzene rings is 2. The van der Waals surface area contributed by atoms with Gasteiger partial charge in [0.1, 0.15) is 19.0 Å². The number of anilines is 1. The van der Waals surface area contributed by atoms with Gasteiger partial charge in [0.15, 0.2) is 17.3 Å². The first kappa shape index (κ1) is 17.9. The predicted octanol–water partition coefficient (Wildman–Crippen LogP) is 4.24. The SMILES string of the molecule is O=C(c1ccc2c(c1)OCCO2)C1CCN(c2ccnc3cc(F)ccc23)CC1. The predicted molar refractivity (Wildman–Crippen MR) is 108 cm³/mol. The summed E-state index contributed by atoms with van der Waals surface area (Å²) in [5.74, 6) is 1.20. The van der Waals surface area contributed by atoms with Crippen LogP contribution >= 0.6 is 0 Å². The van der Waals surface area contributed by atoms with E-state index in [1.807, 2.05) is 18.2 Å². The minimum Gasteiger partial charge on any atom is -0.486 e. The summed E-state index contributed by atoms with van der Waals surface area (Å²) in [6.07, 6.45) is 3.26. The van der Waals surface area contributed by atoms with Crippen molar-refractivity contribution in [2.24, 2.45) is 5.92 Å². The van der Waals surface area contributed by atoms with Crippen LogP contribution < -0.4 is 14.4 Å². The number of halogens is 1. The van der Waals surface area contributed by atoms with E-state index < -0.39 is 0 Å². The van der Waals surface area contributed by atoms with E-state index in [9.17, 15) is 9.18 Å². The van der Waals surface area contributed by atoms with Crippen LogP contribution in [0.5, 0.6) is 11.5 Å². The quantitative estimate of drug-likeness (QED) is 0.624. The van der Waals surface area contributed by atoms with Crippen LogP contribution in [0.25, 0.3) is 10.9 Å². The molecule has 6 heteroatoms. The van der Waals surface area contributed by atoms with E-state index in [0.717, 1.165) is 37.0 Å². The van der Waals surface area contributed by atoms with E-state index in [0.29, 0.717) is 35.8 Å². The zero-order valence-electron chi connectivity index (χ0n) is 15.9. The zero-order valence-corrected chi connectivity index (χ0v) is 15.9. The van der Waals surface area contributed by atoms with Crippen LogP contribution in [0.4, 0.5) is 10.1 Å². The minimum absolute atomic E-state index is 0.0145. The van der Waals surface area contributed by atoms with Gasteiger partial charge in [0, 0.05) is 47.9 Å². The molecule has 29 heavy (non-hydrogen) atoms. The Bertz CT molecular complexity index is 1080. The third kappa shape index (κ3) is 3.39. The van der Waals surface area contributed by atoms with Crippen LogP contribution in [0, 0.1) is 11.7 Å². The molecule has 0 atom stereocenters. The summed E-state index contributed by atoms with van der Waals surface area (Å²) < 4.78 is 24.7. The van der Waals surface area contributed by atoms with Gasteiger partial charge in [-0.25, -0.2) is 4.39 Å². The lowest BCUT2D eigenvalue weighted by atomic mass is 9.88. The average Bonchev–Trinajstić information content (AvgIpc) is 2.78. The molecule has 3 aromatic rings. The molecule has 2 aliphatic rings. The second-order valence-electron chi connectivity index (χ2n) is 7.48. The molecule has 0 saturated carbocycles. The van der Waals surface area contributed by atoms with E-state index in [1.54, 1.807) is 18.3 Å². The van der Waals surface area contributed by atoms with Gasteiger partial charge in [0.05, 0.1) is 5.52 Å². The Kier molecular flexibility index (Phi) is 4.54. The molecule has 2 aliphatic heterocycles. The van der Waals surface area contributed by atoms with Crippen molar-refractivity contribution in [1.29, 1.82) is 0 Å². The van der Waals surface area contributed by atoms with Crippen molar-refractivity contribution in [2.45, 2.75) is 12.8 Å². The van der Waals surface area contributed by atoms with Crippen LogP contribution in [-0.4, -0.2) is 37.1 Å². The Labute approximate surface area is 168 Å². The molecule has 0 bridgehead atoms. The Hall–Kier alpha value is -3.15. The maximum Gasteiger partial charge on any atom is 0.166 e. The van der Waals surface area contributed by atoms with Crippen molar-refractivity contribution in [3.8, 4) is 11.5 Å². The maximum absolute atomic E-state index is 13.5. The molecular formula is C23H21FN2O3. The summed E-state index contributed by atoms with van der Waals surface area (Å²) in [4.78, 5) is 19.5. The Morgan fingerprint density at radius 3 is 2.62 bits per heavy atom. The lowest BCUT2D eigenvalue weighted by Gasteiger charge is -2.33. The molecule has 148 valence electrons. The van der Waals surface area contributed by atoms with Crippen LogP contribution in [0.2, 0.25) is 0 Å². The van der Waals surface area contributed by atoms with Gasteiger partial charge in [-0.15, -0.1) is 0 Å². The van der Waals surface area contributed by atoms with Crippen LogP contribution in [0.3, 0.4) is 0 Å². The maximum atomic E-state index is 13.5. The first-order valence-corrected chi connectivity index (χ1v) is 9.92. The van der Waals surface area contributed by atoms with E-state index in [-0.39, 0.29) is 17.5 Å². The van der Waals surface area contributed by atoms with E-state index in [2.05, 4.69) is 9.88 Å². The zero-order chi connectivity index (χ0) is 19.8. The van der Waals surface area contributed by atoms with Crippen molar-refractivity contribution >= 4 is 22.4 Å². The van der Waals surface area contributed by atoms with Crippen molar-refractivity contribution in [1.82, 2.24) is 4.98 Å². The van der Waals surface area contributed by atoms with Gasteiger partial charge in [0.25, 0.3) is 0 Å².